The Bertz CT molecular complexity index is 438. The van der Waals surface area contributed by atoms with Crippen molar-refractivity contribution in [2.75, 3.05) is 0 Å². The van der Waals surface area contributed by atoms with E-state index < -0.39 is 8.07 Å². The summed E-state index contributed by atoms with van der Waals surface area (Å²) in [6.07, 6.45) is 2.34. The first-order valence-corrected chi connectivity index (χ1v) is 7.82. The monoisotopic (exact) mass is 185 g/mol. The van der Waals surface area contributed by atoms with Crippen LogP contribution in [0.15, 0.2) is 23.8 Å². The Morgan fingerprint density at radius 2 is 1.92 bits per heavy atom. The van der Waals surface area contributed by atoms with E-state index >= 15 is 0 Å². The van der Waals surface area contributed by atoms with Crippen LogP contribution in [0.2, 0.25) is 13.1 Å². The van der Waals surface area contributed by atoms with Gasteiger partial charge in [-0.25, -0.2) is 0 Å². The summed E-state index contributed by atoms with van der Waals surface area (Å²) in [7, 11) is -1.16. The molecule has 13 heavy (non-hydrogen) atoms. The second kappa shape index (κ2) is 1.98. The van der Waals surface area contributed by atoms with E-state index in [1.807, 2.05) is 0 Å². The molecule has 1 heteroatoms. The smallest absolute Gasteiger partial charge is 0.0646 e. The molecule has 0 saturated heterocycles. The highest BCUT2D eigenvalue weighted by molar-refractivity contribution is 7.10. The van der Waals surface area contributed by atoms with Crippen molar-refractivity contribution in [2.45, 2.75) is 20.0 Å². The maximum atomic E-state index is 2.46. The second-order valence-corrected chi connectivity index (χ2v) is 8.89. The molecule has 0 saturated carbocycles. The fourth-order valence-corrected chi connectivity index (χ4v) is 6.32. The fourth-order valence-electron chi connectivity index (χ4n) is 2.87. The van der Waals surface area contributed by atoms with Crippen molar-refractivity contribution in [1.29, 1.82) is 0 Å². The van der Waals surface area contributed by atoms with E-state index in [9.17, 15) is 0 Å². The molecule has 65 valence electrons. The molecule has 0 aromatic heterocycles. The van der Waals surface area contributed by atoms with Crippen LogP contribution in [0.25, 0.3) is 5.20 Å². The molecule has 0 bridgehead atoms. The van der Waals surface area contributed by atoms with Crippen LogP contribution in [-0.4, -0.2) is 8.07 Å². The van der Waals surface area contributed by atoms with Gasteiger partial charge in [0.2, 0.25) is 0 Å². The Kier molecular flexibility index (Phi) is 1.15. The molecule has 1 heterocycles. The normalized spacial score (nSPS) is 21.5. The quantitative estimate of drug-likeness (QED) is 0.545. The van der Waals surface area contributed by atoms with Crippen molar-refractivity contribution in [2.24, 2.45) is 0 Å². The number of hydrogen-bond donors (Lipinski definition) is 0. The van der Waals surface area contributed by atoms with Crippen molar-refractivity contribution < 1.29 is 0 Å². The molecule has 1 aliphatic heterocycles. The molecule has 0 nitrogen and oxygen atoms in total. The molecule has 0 atom stereocenters. The van der Waals surface area contributed by atoms with E-state index in [0.717, 1.165) is 0 Å². The van der Waals surface area contributed by atoms with Gasteiger partial charge in [-0.15, -0.1) is 0 Å². The number of allylic oxidation sites excluding steroid dienone is 1. The summed E-state index contributed by atoms with van der Waals surface area (Å²) in [4.78, 5) is 0. The summed E-state index contributed by atoms with van der Waals surface area (Å²) in [5.41, 5.74) is 4.55. The van der Waals surface area contributed by atoms with Crippen LogP contribution >= 0.6 is 0 Å². The molecule has 1 aromatic carbocycles. The third-order valence-electron chi connectivity index (χ3n) is 3.41. The van der Waals surface area contributed by atoms with Crippen molar-refractivity contribution in [3.05, 3.63) is 41.3 Å². The summed E-state index contributed by atoms with van der Waals surface area (Å²) in [5, 5.41) is 3.37. The average molecular weight is 185 g/mol. The molecule has 0 spiro atoms. The van der Waals surface area contributed by atoms with Gasteiger partial charge in [-0.1, -0.05) is 36.9 Å². The molecule has 1 radical (unpaired) electrons. The lowest BCUT2D eigenvalue weighted by atomic mass is 10.1. The van der Waals surface area contributed by atoms with Gasteiger partial charge in [0.1, 0.15) is 8.07 Å². The zero-order valence-electron chi connectivity index (χ0n) is 8.31. The van der Waals surface area contributed by atoms with Crippen molar-refractivity contribution >= 4 is 18.5 Å². The van der Waals surface area contributed by atoms with Gasteiger partial charge in [0.25, 0.3) is 0 Å². The number of rotatable bonds is 0. The van der Waals surface area contributed by atoms with E-state index in [4.69, 9.17) is 0 Å². The average Bonchev–Trinajstić information content (AvgIpc) is 2.39. The lowest BCUT2D eigenvalue weighted by molar-refractivity contribution is 1.46. The van der Waals surface area contributed by atoms with E-state index in [1.165, 1.54) is 11.1 Å². The third-order valence-corrected chi connectivity index (χ3v) is 7.07. The van der Waals surface area contributed by atoms with Gasteiger partial charge < -0.3 is 0 Å². The van der Waals surface area contributed by atoms with Crippen LogP contribution in [0, 0.1) is 6.42 Å². The van der Waals surface area contributed by atoms with Crippen LogP contribution < -0.4 is 5.19 Å². The van der Waals surface area contributed by atoms with Crippen LogP contribution in [0.5, 0.6) is 0 Å². The standard InChI is InChI=1S/C12H13Si/c1-8-7-9-5-4-6-10-11(9)12(8)13(10,2)3/h4-7H,1-3H3. The Morgan fingerprint density at radius 1 is 1.15 bits per heavy atom. The van der Waals surface area contributed by atoms with Gasteiger partial charge >= 0.3 is 0 Å². The predicted molar refractivity (Wildman–Crippen MR) is 59.6 cm³/mol. The molecule has 3 rings (SSSR count). The molecule has 0 unspecified atom stereocenters. The molecule has 1 aliphatic carbocycles. The first-order valence-electron chi connectivity index (χ1n) is 4.82. The maximum absolute atomic E-state index is 2.46. The molecule has 0 fully saturated rings. The lowest BCUT2D eigenvalue weighted by Gasteiger charge is -2.39. The van der Waals surface area contributed by atoms with Gasteiger partial charge in [0.05, 0.1) is 0 Å². The molecule has 0 N–H and O–H groups in total. The van der Waals surface area contributed by atoms with Crippen LogP contribution in [-0.2, 0) is 0 Å². The van der Waals surface area contributed by atoms with Gasteiger partial charge in [-0.2, -0.15) is 0 Å². The zero-order valence-corrected chi connectivity index (χ0v) is 9.31. The van der Waals surface area contributed by atoms with Crippen LogP contribution in [0.1, 0.15) is 18.1 Å². The van der Waals surface area contributed by atoms with E-state index in [1.54, 1.807) is 15.9 Å². The second-order valence-electron chi connectivity index (χ2n) is 4.60. The van der Waals surface area contributed by atoms with E-state index in [2.05, 4.69) is 44.6 Å². The Morgan fingerprint density at radius 3 is 2.69 bits per heavy atom. The number of benzene rings is 1. The van der Waals surface area contributed by atoms with E-state index in [0.29, 0.717) is 0 Å². The largest absolute Gasteiger partial charge is 0.113 e. The van der Waals surface area contributed by atoms with Gasteiger partial charge in [-0.05, 0) is 28.4 Å². The predicted octanol–water partition coefficient (Wildman–Crippen LogP) is 2.49. The summed E-state index contributed by atoms with van der Waals surface area (Å²) >= 11 is 0. The summed E-state index contributed by atoms with van der Waals surface area (Å²) < 4.78 is 0. The van der Waals surface area contributed by atoms with Gasteiger partial charge in [0.15, 0.2) is 0 Å². The minimum Gasteiger partial charge on any atom is -0.0646 e. The van der Waals surface area contributed by atoms with Gasteiger partial charge in [0, 0.05) is 6.42 Å². The topological polar surface area (TPSA) is 0 Å². The first kappa shape index (κ1) is 7.57. The van der Waals surface area contributed by atoms with Crippen molar-refractivity contribution in [3.8, 4) is 0 Å². The Labute approximate surface area is 80.3 Å². The SMILES string of the molecule is CC1=C2c3c(cccc3[Si]2(C)C)[CH]1. The van der Waals surface area contributed by atoms with Crippen LogP contribution in [0.3, 0.4) is 0 Å². The summed E-state index contributed by atoms with van der Waals surface area (Å²) in [6.45, 7) is 7.17. The highest BCUT2D eigenvalue weighted by atomic mass is 28.3. The molecule has 2 aliphatic rings. The van der Waals surface area contributed by atoms with Crippen molar-refractivity contribution in [1.82, 2.24) is 0 Å². The molecule has 1 aromatic rings. The zero-order chi connectivity index (χ0) is 9.22. The summed E-state index contributed by atoms with van der Waals surface area (Å²) in [6, 6.07) is 6.76. The maximum Gasteiger partial charge on any atom is 0.113 e. The number of hydrogen-bond acceptors (Lipinski definition) is 0. The minimum atomic E-state index is -1.16. The first-order chi connectivity index (χ1) is 6.12. The van der Waals surface area contributed by atoms with Crippen LogP contribution in [0.4, 0.5) is 0 Å². The molecular formula is C12H13Si. The Hall–Kier alpha value is -0.823. The molecular weight excluding hydrogens is 172 g/mol. The highest BCUT2D eigenvalue weighted by Crippen LogP contribution is 2.46. The molecule has 0 amide bonds. The van der Waals surface area contributed by atoms with Gasteiger partial charge in [-0.3, -0.25) is 0 Å². The third kappa shape index (κ3) is 0.681. The lowest BCUT2D eigenvalue weighted by Crippen LogP contribution is -2.54. The van der Waals surface area contributed by atoms with E-state index in [-0.39, 0.29) is 0 Å². The fraction of sp³-hybridized carbons (Fsp3) is 0.250. The van der Waals surface area contributed by atoms with Crippen molar-refractivity contribution in [3.63, 3.8) is 0 Å². The Balaban J connectivity index is 2.40. The highest BCUT2D eigenvalue weighted by Gasteiger charge is 2.46. The minimum absolute atomic E-state index is 1.16. The summed E-state index contributed by atoms with van der Waals surface area (Å²) in [5.74, 6) is 0.